The van der Waals surface area contributed by atoms with E-state index in [1.165, 1.54) is 38.5 Å². The summed E-state index contributed by atoms with van der Waals surface area (Å²) < 4.78 is 0. The third kappa shape index (κ3) is 18.4. The Balaban J connectivity index is 0. The SMILES string of the molecule is CCC(C)CCC(C)C.CCCC(C)CC(C)C. The zero-order valence-electron chi connectivity index (χ0n) is 14.6. The van der Waals surface area contributed by atoms with Crippen molar-refractivity contribution in [1.82, 2.24) is 0 Å². The number of hydrogen-bond donors (Lipinski definition) is 0. The predicted octanol–water partition coefficient (Wildman–Crippen LogP) is 6.94. The molecule has 0 aromatic rings. The average Bonchev–Trinajstić information content (AvgIpc) is 2.26. The molecule has 0 saturated carbocycles. The van der Waals surface area contributed by atoms with Crippen LogP contribution in [0.25, 0.3) is 0 Å². The van der Waals surface area contributed by atoms with Crippen molar-refractivity contribution in [3.8, 4) is 0 Å². The quantitative estimate of drug-likeness (QED) is 0.441. The first-order chi connectivity index (χ1) is 8.33. The van der Waals surface area contributed by atoms with Crippen LogP contribution in [0.15, 0.2) is 0 Å². The van der Waals surface area contributed by atoms with Gasteiger partial charge in [0.15, 0.2) is 0 Å². The van der Waals surface area contributed by atoms with Crippen LogP contribution in [0.2, 0.25) is 0 Å². The Morgan fingerprint density at radius 2 is 1.17 bits per heavy atom. The van der Waals surface area contributed by atoms with E-state index < -0.39 is 0 Å². The molecule has 0 N–H and O–H groups in total. The molecule has 0 heteroatoms. The summed E-state index contributed by atoms with van der Waals surface area (Å²) in [6.45, 7) is 18.4. The van der Waals surface area contributed by atoms with Gasteiger partial charge in [-0.15, -0.1) is 0 Å². The molecule has 2 unspecified atom stereocenters. The third-order valence-corrected chi connectivity index (χ3v) is 3.59. The molecular weight excluding hydrogens is 216 g/mol. The second-order valence-electron chi connectivity index (χ2n) is 7.01. The van der Waals surface area contributed by atoms with Gasteiger partial charge < -0.3 is 0 Å². The predicted molar refractivity (Wildman–Crippen MR) is 87.1 cm³/mol. The fourth-order valence-electron chi connectivity index (χ4n) is 2.24. The van der Waals surface area contributed by atoms with E-state index in [-0.39, 0.29) is 0 Å². The average molecular weight is 257 g/mol. The van der Waals surface area contributed by atoms with Crippen LogP contribution in [0.5, 0.6) is 0 Å². The molecule has 0 radical (unpaired) electrons. The lowest BCUT2D eigenvalue weighted by Gasteiger charge is -2.11. The summed E-state index contributed by atoms with van der Waals surface area (Å²) >= 11 is 0. The van der Waals surface area contributed by atoms with E-state index in [0.29, 0.717) is 0 Å². The molecule has 0 aliphatic rings. The van der Waals surface area contributed by atoms with Crippen LogP contribution < -0.4 is 0 Å². The summed E-state index contributed by atoms with van der Waals surface area (Å²) in [6, 6.07) is 0. The lowest BCUT2D eigenvalue weighted by molar-refractivity contribution is 0.412. The largest absolute Gasteiger partial charge is 0.0654 e. The summed E-state index contributed by atoms with van der Waals surface area (Å²) in [4.78, 5) is 0. The molecular formula is C18H40. The van der Waals surface area contributed by atoms with Gasteiger partial charge in [-0.3, -0.25) is 0 Å². The summed E-state index contributed by atoms with van der Waals surface area (Å²) in [5, 5.41) is 0. The highest BCUT2D eigenvalue weighted by atomic mass is 14.1. The van der Waals surface area contributed by atoms with E-state index in [4.69, 9.17) is 0 Å². The minimum atomic E-state index is 0.881. The maximum absolute atomic E-state index is 2.35. The molecule has 0 aliphatic carbocycles. The van der Waals surface area contributed by atoms with Gasteiger partial charge in [0.1, 0.15) is 0 Å². The van der Waals surface area contributed by atoms with Gasteiger partial charge in [0.05, 0.1) is 0 Å². The van der Waals surface area contributed by atoms with Crippen molar-refractivity contribution in [2.75, 3.05) is 0 Å². The van der Waals surface area contributed by atoms with Crippen LogP contribution in [-0.2, 0) is 0 Å². The molecule has 0 rings (SSSR count). The van der Waals surface area contributed by atoms with Crippen LogP contribution in [0.3, 0.4) is 0 Å². The normalized spacial score (nSPS) is 14.3. The molecule has 0 fully saturated rings. The first-order valence-corrected chi connectivity index (χ1v) is 8.33. The van der Waals surface area contributed by atoms with Crippen LogP contribution in [0, 0.1) is 23.7 Å². The minimum absolute atomic E-state index is 0.881. The van der Waals surface area contributed by atoms with Gasteiger partial charge in [0.2, 0.25) is 0 Å². The Hall–Kier alpha value is 0. The van der Waals surface area contributed by atoms with Crippen molar-refractivity contribution in [1.29, 1.82) is 0 Å². The molecule has 0 aliphatic heterocycles. The standard InChI is InChI=1S/2C9H20/c1-5-9(4)7-6-8(2)3;1-5-6-9(4)7-8(2)3/h2*8-9H,5-7H2,1-4H3. The highest BCUT2D eigenvalue weighted by Gasteiger charge is 2.02. The lowest BCUT2D eigenvalue weighted by Crippen LogP contribution is -1.98. The fraction of sp³-hybridized carbons (Fsp3) is 1.00. The van der Waals surface area contributed by atoms with Gasteiger partial charge >= 0.3 is 0 Å². The molecule has 0 amide bonds. The van der Waals surface area contributed by atoms with Gasteiger partial charge in [0, 0.05) is 0 Å². The van der Waals surface area contributed by atoms with Gasteiger partial charge in [0.25, 0.3) is 0 Å². The lowest BCUT2D eigenvalue weighted by atomic mass is 9.95. The number of rotatable bonds is 8. The first-order valence-electron chi connectivity index (χ1n) is 8.33. The van der Waals surface area contributed by atoms with Crippen molar-refractivity contribution in [2.45, 2.75) is 93.9 Å². The molecule has 0 aromatic heterocycles. The summed E-state index contributed by atoms with van der Waals surface area (Å²) in [5.41, 5.74) is 0. The van der Waals surface area contributed by atoms with Crippen molar-refractivity contribution >= 4 is 0 Å². The Bertz CT molecular complexity index is 146. The molecule has 0 nitrogen and oxygen atoms in total. The molecule has 0 aromatic carbocycles. The van der Waals surface area contributed by atoms with E-state index in [2.05, 4.69) is 55.4 Å². The Kier molecular flexibility index (Phi) is 15.2. The van der Waals surface area contributed by atoms with Crippen LogP contribution in [0.1, 0.15) is 93.9 Å². The Morgan fingerprint density at radius 3 is 1.50 bits per heavy atom. The summed E-state index contributed by atoms with van der Waals surface area (Å²) in [5.74, 6) is 3.65. The minimum Gasteiger partial charge on any atom is -0.0654 e. The van der Waals surface area contributed by atoms with Gasteiger partial charge in [-0.2, -0.15) is 0 Å². The van der Waals surface area contributed by atoms with Gasteiger partial charge in [-0.1, -0.05) is 87.5 Å². The Labute approximate surface area is 118 Å². The van der Waals surface area contributed by atoms with E-state index in [9.17, 15) is 0 Å². The molecule has 0 spiro atoms. The maximum atomic E-state index is 2.35. The third-order valence-electron chi connectivity index (χ3n) is 3.59. The zero-order chi connectivity index (χ0) is 14.6. The van der Waals surface area contributed by atoms with E-state index in [0.717, 1.165) is 23.7 Å². The van der Waals surface area contributed by atoms with Gasteiger partial charge in [-0.25, -0.2) is 0 Å². The first kappa shape index (κ1) is 20.3. The van der Waals surface area contributed by atoms with E-state index in [1.54, 1.807) is 0 Å². The van der Waals surface area contributed by atoms with Crippen LogP contribution >= 0.6 is 0 Å². The maximum Gasteiger partial charge on any atom is -0.0440 e. The van der Waals surface area contributed by atoms with Crippen LogP contribution in [-0.4, -0.2) is 0 Å². The molecule has 2 atom stereocenters. The number of hydrogen-bond acceptors (Lipinski definition) is 0. The monoisotopic (exact) mass is 256 g/mol. The molecule has 0 saturated heterocycles. The van der Waals surface area contributed by atoms with Crippen molar-refractivity contribution < 1.29 is 0 Å². The van der Waals surface area contributed by atoms with Crippen molar-refractivity contribution in [3.63, 3.8) is 0 Å². The highest BCUT2D eigenvalue weighted by molar-refractivity contribution is 4.54. The van der Waals surface area contributed by atoms with Crippen molar-refractivity contribution in [3.05, 3.63) is 0 Å². The van der Waals surface area contributed by atoms with E-state index >= 15 is 0 Å². The van der Waals surface area contributed by atoms with Crippen LogP contribution in [0.4, 0.5) is 0 Å². The molecule has 0 heterocycles. The Morgan fingerprint density at radius 1 is 0.611 bits per heavy atom. The fourth-order valence-corrected chi connectivity index (χ4v) is 2.24. The zero-order valence-corrected chi connectivity index (χ0v) is 14.6. The van der Waals surface area contributed by atoms with E-state index in [1.807, 2.05) is 0 Å². The second-order valence-corrected chi connectivity index (χ2v) is 7.01. The van der Waals surface area contributed by atoms with Crippen molar-refractivity contribution in [2.24, 2.45) is 23.7 Å². The second kappa shape index (κ2) is 13.4. The topological polar surface area (TPSA) is 0 Å². The highest BCUT2D eigenvalue weighted by Crippen LogP contribution is 2.15. The summed E-state index contributed by atoms with van der Waals surface area (Å²) in [7, 11) is 0. The van der Waals surface area contributed by atoms with Gasteiger partial charge in [-0.05, 0) is 30.1 Å². The molecule has 112 valence electrons. The molecule has 18 heavy (non-hydrogen) atoms. The smallest absolute Gasteiger partial charge is 0.0440 e. The summed E-state index contributed by atoms with van der Waals surface area (Å²) in [6.07, 6.45) is 8.29. The molecule has 0 bridgehead atoms.